The van der Waals surface area contributed by atoms with Crippen LogP contribution >= 0.6 is 0 Å². The molecule has 0 unspecified atom stereocenters. The number of para-hydroxylation sites is 4. The average Bonchev–Trinajstić information content (AvgIpc) is 1.92. The third kappa shape index (κ3) is 8.55. The minimum absolute atomic E-state index is 0.0699. The first-order chi connectivity index (χ1) is 40.2. The molecule has 0 saturated carbocycles. The summed E-state index contributed by atoms with van der Waals surface area (Å²) < 4.78 is 4.56. The minimum atomic E-state index is -0.191. The second-order valence-corrected chi connectivity index (χ2v) is 22.0. The van der Waals surface area contributed by atoms with Gasteiger partial charge in [-0.15, -0.1) is 0 Å². The molecule has 0 bridgehead atoms. The number of aromatic nitrogens is 6. The molecule has 8 heteroatoms. The van der Waals surface area contributed by atoms with Gasteiger partial charge in [-0.25, -0.2) is 9.97 Å². The molecule has 82 heavy (non-hydrogen) atoms. The summed E-state index contributed by atoms with van der Waals surface area (Å²) in [6.07, 6.45) is 7.38. The van der Waals surface area contributed by atoms with Crippen molar-refractivity contribution in [2.45, 2.75) is 38.5 Å². The van der Waals surface area contributed by atoms with Crippen molar-refractivity contribution < 1.29 is 0 Å². The summed E-state index contributed by atoms with van der Waals surface area (Å²) in [5.74, 6) is 1.85. The lowest BCUT2D eigenvalue weighted by atomic mass is 9.73. The number of rotatable bonds is 5. The molecule has 0 aliphatic carbocycles. The van der Waals surface area contributed by atoms with Crippen molar-refractivity contribution in [3.63, 3.8) is 0 Å². The van der Waals surface area contributed by atoms with E-state index in [2.05, 4.69) is 244 Å². The lowest BCUT2D eigenvalue weighted by Gasteiger charge is -2.42. The Morgan fingerprint density at radius 3 is 1.44 bits per heavy atom. The third-order valence-corrected chi connectivity index (χ3v) is 16.4. The van der Waals surface area contributed by atoms with Gasteiger partial charge in [0.1, 0.15) is 11.6 Å². The van der Waals surface area contributed by atoms with Crippen LogP contribution in [-0.2, 0) is 10.8 Å². The van der Waals surface area contributed by atoms with Crippen molar-refractivity contribution in [1.82, 2.24) is 29.1 Å². The van der Waals surface area contributed by atoms with Gasteiger partial charge in [0, 0.05) is 85.4 Å². The zero-order chi connectivity index (χ0) is 55.4. The highest BCUT2D eigenvalue weighted by Crippen LogP contribution is 2.54. The molecule has 8 aromatic carbocycles. The predicted molar refractivity (Wildman–Crippen MR) is 339 cm³/mol. The molecule has 0 spiro atoms. The van der Waals surface area contributed by atoms with E-state index in [0.717, 1.165) is 50.9 Å². The van der Waals surface area contributed by atoms with E-state index >= 15 is 0 Å². The Morgan fingerprint density at radius 1 is 0.317 bits per heavy atom. The molecule has 0 amide bonds. The van der Waals surface area contributed by atoms with Crippen molar-refractivity contribution in [2.75, 3.05) is 10.2 Å². The van der Waals surface area contributed by atoms with Crippen LogP contribution in [0, 0.1) is 0 Å². The highest BCUT2D eigenvalue weighted by Gasteiger charge is 2.38. The van der Waals surface area contributed by atoms with E-state index in [1.54, 1.807) is 0 Å². The normalized spacial score (nSPS) is 13.4. The first-order valence-electron chi connectivity index (χ1n) is 27.9. The molecule has 6 aromatic heterocycles. The fourth-order valence-electron chi connectivity index (χ4n) is 12.4. The molecule has 0 radical (unpaired) electrons. The van der Waals surface area contributed by atoms with Gasteiger partial charge < -0.3 is 10.2 Å². The number of anilines is 5. The summed E-state index contributed by atoms with van der Waals surface area (Å²) in [6.45, 7) is 9.32. The lowest BCUT2D eigenvalue weighted by Crippen LogP contribution is -2.30. The van der Waals surface area contributed by atoms with E-state index in [9.17, 15) is 0 Å². The Morgan fingerprint density at radius 2 is 0.817 bits per heavy atom. The van der Waals surface area contributed by atoms with E-state index in [4.69, 9.17) is 4.98 Å². The van der Waals surface area contributed by atoms with E-state index in [1.807, 2.05) is 91.5 Å². The molecular formula is C74H58N8. The van der Waals surface area contributed by atoms with Crippen LogP contribution in [0.3, 0.4) is 0 Å². The van der Waals surface area contributed by atoms with Crippen LogP contribution in [0.2, 0.25) is 0 Å². The molecule has 8 nitrogen and oxygen atoms in total. The van der Waals surface area contributed by atoms with E-state index in [0.29, 0.717) is 0 Å². The van der Waals surface area contributed by atoms with Crippen molar-refractivity contribution in [2.24, 2.45) is 0 Å². The largest absolute Gasteiger partial charge is 0.355 e. The summed E-state index contributed by atoms with van der Waals surface area (Å²) in [7, 11) is 0. The summed E-state index contributed by atoms with van der Waals surface area (Å²) >= 11 is 0. The van der Waals surface area contributed by atoms with Gasteiger partial charge in [0.2, 0.25) is 0 Å². The van der Waals surface area contributed by atoms with Crippen LogP contribution < -0.4 is 10.2 Å². The van der Waals surface area contributed by atoms with Gasteiger partial charge in [-0.1, -0.05) is 167 Å². The van der Waals surface area contributed by atoms with Crippen LogP contribution in [0.25, 0.3) is 77.8 Å². The van der Waals surface area contributed by atoms with E-state index in [-0.39, 0.29) is 10.8 Å². The lowest BCUT2D eigenvalue weighted by molar-refractivity contribution is 0.633. The van der Waals surface area contributed by atoms with E-state index < -0.39 is 0 Å². The highest BCUT2D eigenvalue weighted by molar-refractivity contribution is 6.12. The van der Waals surface area contributed by atoms with Crippen LogP contribution in [-0.4, -0.2) is 29.1 Å². The molecule has 2 aliphatic rings. The number of benzene rings is 8. The zero-order valence-corrected chi connectivity index (χ0v) is 46.1. The Labute approximate surface area is 477 Å². The fraction of sp³-hybridized carbons (Fsp3) is 0.0811. The van der Waals surface area contributed by atoms with Gasteiger partial charge in [0.05, 0.1) is 44.8 Å². The monoisotopic (exact) mass is 1060 g/mol. The zero-order valence-electron chi connectivity index (χ0n) is 46.1. The van der Waals surface area contributed by atoms with Crippen molar-refractivity contribution in [3.05, 3.63) is 296 Å². The van der Waals surface area contributed by atoms with Gasteiger partial charge in [-0.2, -0.15) is 0 Å². The summed E-state index contributed by atoms with van der Waals surface area (Å²) in [5, 5.41) is 8.66. The number of fused-ring (bicyclic) bond motifs is 10. The molecule has 14 aromatic rings. The SMILES string of the molecule is CC1(C)c2ccccc2N(c2cccc(-c3ccccn3)c2)c2cc3c(cc21)c1ccccc1n3-c1ccccn1.CC1(C)c2ccccc2Nc2cc3c(cc21)c1ccccc1n3-c1ccccn1.c1ccc(-c2ccccn2)cc1. The number of nitrogens with zero attached hydrogens (tertiary/aromatic N) is 7. The molecule has 0 fully saturated rings. The highest BCUT2D eigenvalue weighted by atomic mass is 15.2. The summed E-state index contributed by atoms with van der Waals surface area (Å²) in [4.78, 5) is 20.7. The van der Waals surface area contributed by atoms with Crippen LogP contribution in [0.1, 0.15) is 49.9 Å². The molecular weight excluding hydrogens is 1000 g/mol. The van der Waals surface area contributed by atoms with Crippen molar-refractivity contribution in [1.29, 1.82) is 0 Å². The van der Waals surface area contributed by atoms with Gasteiger partial charge in [-0.05, 0) is 131 Å². The molecule has 394 valence electrons. The number of pyridine rings is 4. The molecule has 2 aliphatic heterocycles. The topological polar surface area (TPSA) is 76.7 Å². The maximum absolute atomic E-state index is 4.76. The summed E-state index contributed by atoms with van der Waals surface area (Å²) in [5.41, 5.74) is 19.7. The molecule has 16 rings (SSSR count). The summed E-state index contributed by atoms with van der Waals surface area (Å²) in [6, 6.07) is 87.1. The Hall–Kier alpha value is -10.4. The maximum Gasteiger partial charge on any atom is 0.137 e. The number of hydrogen-bond acceptors (Lipinski definition) is 6. The average molecular weight is 1060 g/mol. The van der Waals surface area contributed by atoms with Crippen LogP contribution in [0.4, 0.5) is 28.4 Å². The van der Waals surface area contributed by atoms with E-state index in [1.165, 1.54) is 77.6 Å². The Balaban J connectivity index is 0.000000127. The number of nitrogens with one attached hydrogen (secondary N) is 1. The van der Waals surface area contributed by atoms with Crippen LogP contribution in [0.15, 0.2) is 274 Å². The maximum atomic E-state index is 4.76. The van der Waals surface area contributed by atoms with Crippen molar-refractivity contribution >= 4 is 72.0 Å². The standard InChI is InChI=1S/C37H28N4.C26H21N3.C11H9N/c1-37(2)29-15-4-6-18-33(29)40(26-13-11-12-25(22-26)31-16-7-9-20-38-31)35-24-34-28(23-30(35)37)27-14-3-5-17-32(27)41(34)36-19-8-10-21-39-36;1-26(2)19-10-4-5-11-21(19)28-22-16-24-18(15-20(22)26)17-9-3-6-12-23(17)29(24)25-13-7-8-14-27-25;1-2-6-10(7-3-1)11-8-4-5-9-12-11/h3-24H,1-2H3;3-16,28H,1-2H3;1-9H. The molecule has 8 heterocycles. The molecule has 0 atom stereocenters. The van der Waals surface area contributed by atoms with Crippen LogP contribution in [0.5, 0.6) is 0 Å². The van der Waals surface area contributed by atoms with Gasteiger partial charge in [0.15, 0.2) is 0 Å². The predicted octanol–water partition coefficient (Wildman–Crippen LogP) is 18.7. The smallest absolute Gasteiger partial charge is 0.137 e. The van der Waals surface area contributed by atoms with Gasteiger partial charge in [0.25, 0.3) is 0 Å². The molecule has 0 saturated heterocycles. The number of hydrogen-bond donors (Lipinski definition) is 1. The Kier molecular flexibility index (Phi) is 12.4. The first-order valence-corrected chi connectivity index (χ1v) is 27.9. The Bertz CT molecular complexity index is 4610. The van der Waals surface area contributed by atoms with Gasteiger partial charge in [-0.3, -0.25) is 19.1 Å². The minimum Gasteiger partial charge on any atom is -0.355 e. The fourth-order valence-corrected chi connectivity index (χ4v) is 12.4. The second-order valence-electron chi connectivity index (χ2n) is 22.0. The quantitative estimate of drug-likeness (QED) is 0.185. The third-order valence-electron chi connectivity index (χ3n) is 16.4. The van der Waals surface area contributed by atoms with Crippen molar-refractivity contribution in [3.8, 4) is 34.2 Å². The second kappa shape index (κ2) is 20.3. The molecule has 1 N–H and O–H groups in total. The first kappa shape index (κ1) is 49.8. The van der Waals surface area contributed by atoms with Gasteiger partial charge >= 0.3 is 0 Å².